The van der Waals surface area contributed by atoms with Gasteiger partial charge in [-0.1, -0.05) is 38.8 Å². The number of anilines is 3. The molecule has 0 radical (unpaired) electrons. The first kappa shape index (κ1) is 30.6. The van der Waals surface area contributed by atoms with Crippen LogP contribution in [0.5, 0.6) is 0 Å². The zero-order valence-electron chi connectivity index (χ0n) is 24.4. The molecule has 1 saturated carbocycles. The number of halogens is 3. The van der Waals surface area contributed by atoms with Crippen LogP contribution in [0.15, 0.2) is 47.3 Å². The maximum absolute atomic E-state index is 12.9. The smallest absolute Gasteiger partial charge is 0.449 e. The summed E-state index contributed by atoms with van der Waals surface area (Å²) in [4.78, 5) is 25.6. The molecule has 13 heteroatoms. The number of ether oxygens (including phenoxy) is 1. The van der Waals surface area contributed by atoms with Gasteiger partial charge < -0.3 is 24.7 Å². The normalized spacial score (nSPS) is 21.1. The van der Waals surface area contributed by atoms with Crippen LogP contribution in [0.4, 0.5) is 35.4 Å². The van der Waals surface area contributed by atoms with Gasteiger partial charge in [-0.3, -0.25) is 5.32 Å². The molecule has 3 N–H and O–H groups in total. The Labute approximate surface area is 248 Å². The Kier molecular flexibility index (Phi) is 9.69. The minimum Gasteiger partial charge on any atom is -0.449 e. The maximum Gasteiger partial charge on any atom is 0.451 e. The number of aromatic nitrogens is 3. The van der Waals surface area contributed by atoms with Gasteiger partial charge in [0.05, 0.1) is 30.9 Å². The van der Waals surface area contributed by atoms with Gasteiger partial charge >= 0.3 is 12.3 Å². The fourth-order valence-electron chi connectivity index (χ4n) is 5.56. The Bertz CT molecular complexity index is 1350. The van der Waals surface area contributed by atoms with Crippen LogP contribution < -0.4 is 20.9 Å². The van der Waals surface area contributed by atoms with Crippen LogP contribution in [0.3, 0.4) is 0 Å². The third-order valence-corrected chi connectivity index (χ3v) is 7.65. The standard InChI is InChI=1S/C30H38F3N7O3/c1-19(2)18-42-29(41)38-21-8-5-7-20(13-21)26-16-36-28(43-26)39-25-11-4-3-10-24(25)37-22-9-6-12-40(17-22)23-14-34-27(35-15-23)30(31,32)33/h5,7-8,13-16,19,22,24-25,37H,3-4,6,9-12,17-18H2,1-2H3,(H,36,39)(H,38,41). The summed E-state index contributed by atoms with van der Waals surface area (Å²) in [7, 11) is 0. The van der Waals surface area contributed by atoms with E-state index in [1.165, 1.54) is 12.4 Å². The second-order valence-electron chi connectivity index (χ2n) is 11.6. The minimum absolute atomic E-state index is 0.105. The molecule has 2 aliphatic rings. The van der Waals surface area contributed by atoms with Gasteiger partial charge in [0.2, 0.25) is 5.82 Å². The number of carbonyl (C=O) groups is 1. The first-order valence-corrected chi connectivity index (χ1v) is 14.8. The average molecular weight is 602 g/mol. The van der Waals surface area contributed by atoms with Crippen molar-refractivity contribution in [2.45, 2.75) is 76.7 Å². The highest BCUT2D eigenvalue weighted by atomic mass is 19.4. The zero-order valence-corrected chi connectivity index (χ0v) is 24.4. The quantitative estimate of drug-likeness (QED) is 0.258. The molecule has 1 amide bonds. The Morgan fingerprint density at radius 3 is 2.58 bits per heavy atom. The lowest BCUT2D eigenvalue weighted by Crippen LogP contribution is -2.55. The van der Waals surface area contributed by atoms with Gasteiger partial charge in [-0.05, 0) is 43.7 Å². The molecule has 1 aliphatic carbocycles. The molecule has 2 fully saturated rings. The third kappa shape index (κ3) is 8.37. The first-order valence-electron chi connectivity index (χ1n) is 14.8. The molecule has 232 valence electrons. The van der Waals surface area contributed by atoms with E-state index >= 15 is 0 Å². The molecule has 3 atom stereocenters. The van der Waals surface area contributed by atoms with E-state index in [0.29, 0.717) is 36.3 Å². The van der Waals surface area contributed by atoms with E-state index in [1.54, 1.807) is 12.3 Å². The van der Waals surface area contributed by atoms with Gasteiger partial charge in [-0.15, -0.1) is 0 Å². The summed E-state index contributed by atoms with van der Waals surface area (Å²) in [6.45, 7) is 5.69. The number of nitrogens with zero attached hydrogens (tertiary/aromatic N) is 4. The number of alkyl halides is 3. The highest BCUT2D eigenvalue weighted by Crippen LogP contribution is 2.30. The summed E-state index contributed by atoms with van der Waals surface area (Å²) >= 11 is 0. The van der Waals surface area contributed by atoms with Crippen LogP contribution in [0.1, 0.15) is 58.2 Å². The Balaban J connectivity index is 1.18. The summed E-state index contributed by atoms with van der Waals surface area (Å²) in [6.07, 6.45) is 5.14. The van der Waals surface area contributed by atoms with Crippen molar-refractivity contribution in [1.29, 1.82) is 0 Å². The van der Waals surface area contributed by atoms with Gasteiger partial charge in [0.15, 0.2) is 5.76 Å². The van der Waals surface area contributed by atoms with Crippen LogP contribution in [0, 0.1) is 5.92 Å². The van der Waals surface area contributed by atoms with Crippen LogP contribution in [0.2, 0.25) is 0 Å². The lowest BCUT2D eigenvalue weighted by molar-refractivity contribution is -0.145. The van der Waals surface area contributed by atoms with E-state index in [0.717, 1.165) is 50.6 Å². The van der Waals surface area contributed by atoms with Crippen molar-refractivity contribution in [3.05, 3.63) is 48.7 Å². The van der Waals surface area contributed by atoms with E-state index in [2.05, 4.69) is 30.9 Å². The first-order chi connectivity index (χ1) is 20.6. The Morgan fingerprint density at radius 2 is 1.84 bits per heavy atom. The summed E-state index contributed by atoms with van der Waals surface area (Å²) in [5, 5.41) is 10.0. The molecule has 0 spiro atoms. The van der Waals surface area contributed by atoms with Crippen LogP contribution in [-0.4, -0.2) is 58.9 Å². The maximum atomic E-state index is 12.9. The molecular formula is C30H38F3N7O3. The largest absolute Gasteiger partial charge is 0.451 e. The number of piperidine rings is 1. The molecule has 43 heavy (non-hydrogen) atoms. The van der Waals surface area contributed by atoms with Gasteiger partial charge in [0.25, 0.3) is 6.01 Å². The van der Waals surface area contributed by atoms with Gasteiger partial charge in [0.1, 0.15) is 0 Å². The highest BCUT2D eigenvalue weighted by molar-refractivity contribution is 5.85. The molecule has 3 unspecified atom stereocenters. The number of amides is 1. The molecule has 5 rings (SSSR count). The molecule has 1 saturated heterocycles. The molecule has 0 bridgehead atoms. The molecule has 10 nitrogen and oxygen atoms in total. The van der Waals surface area contributed by atoms with Crippen molar-refractivity contribution in [2.75, 3.05) is 35.2 Å². The molecule has 3 heterocycles. The molecule has 1 aromatic carbocycles. The fraction of sp³-hybridized carbons (Fsp3) is 0.533. The van der Waals surface area contributed by atoms with E-state index in [-0.39, 0.29) is 24.0 Å². The van der Waals surface area contributed by atoms with Crippen molar-refractivity contribution in [1.82, 2.24) is 20.3 Å². The molecule has 1 aliphatic heterocycles. The summed E-state index contributed by atoms with van der Waals surface area (Å²) < 4.78 is 49.9. The SMILES string of the molecule is CC(C)COC(=O)Nc1cccc(-c2cnc(NC3CCCCC3NC3CCCN(c4cnc(C(F)(F)F)nc4)C3)o2)c1. The topological polar surface area (TPSA) is 117 Å². The minimum atomic E-state index is -4.55. The monoisotopic (exact) mass is 601 g/mol. The van der Waals surface area contributed by atoms with Crippen molar-refractivity contribution in [2.24, 2.45) is 5.92 Å². The highest BCUT2D eigenvalue weighted by Gasteiger charge is 2.35. The Hall–Kier alpha value is -3.87. The van der Waals surface area contributed by atoms with Crippen molar-refractivity contribution in [3.63, 3.8) is 0 Å². The van der Waals surface area contributed by atoms with Crippen LogP contribution >= 0.6 is 0 Å². The number of benzene rings is 1. The molecule has 3 aromatic rings. The average Bonchev–Trinajstić information content (AvgIpc) is 3.46. The van der Waals surface area contributed by atoms with Crippen molar-refractivity contribution >= 4 is 23.5 Å². The Morgan fingerprint density at radius 1 is 1.07 bits per heavy atom. The summed E-state index contributed by atoms with van der Waals surface area (Å²) in [5.74, 6) is -0.306. The molecule has 2 aromatic heterocycles. The summed E-state index contributed by atoms with van der Waals surface area (Å²) in [5.41, 5.74) is 1.96. The zero-order chi connectivity index (χ0) is 30.4. The van der Waals surface area contributed by atoms with Crippen molar-refractivity contribution < 1.29 is 27.1 Å². The predicted molar refractivity (Wildman–Crippen MR) is 157 cm³/mol. The summed E-state index contributed by atoms with van der Waals surface area (Å²) in [6, 6.07) is 8.19. The second kappa shape index (κ2) is 13.6. The molecular weight excluding hydrogens is 563 g/mol. The van der Waals surface area contributed by atoms with Crippen LogP contribution in [0.25, 0.3) is 11.3 Å². The lowest BCUT2D eigenvalue weighted by atomic mass is 9.89. The predicted octanol–water partition coefficient (Wildman–Crippen LogP) is 6.34. The lowest BCUT2D eigenvalue weighted by Gasteiger charge is -2.40. The third-order valence-electron chi connectivity index (χ3n) is 7.65. The number of nitrogens with one attached hydrogen (secondary N) is 3. The number of oxazole rings is 1. The van der Waals surface area contributed by atoms with Gasteiger partial charge in [-0.25, -0.2) is 19.7 Å². The fourth-order valence-corrected chi connectivity index (χ4v) is 5.56. The number of hydrogen-bond donors (Lipinski definition) is 3. The second-order valence-corrected chi connectivity index (χ2v) is 11.6. The number of carbonyl (C=O) groups excluding carboxylic acids is 1. The van der Waals surface area contributed by atoms with E-state index in [4.69, 9.17) is 9.15 Å². The van der Waals surface area contributed by atoms with Crippen LogP contribution in [-0.2, 0) is 10.9 Å². The van der Waals surface area contributed by atoms with E-state index < -0.39 is 18.1 Å². The van der Waals surface area contributed by atoms with Gasteiger partial charge in [-0.2, -0.15) is 13.2 Å². The van der Waals surface area contributed by atoms with Crippen molar-refractivity contribution in [3.8, 4) is 11.3 Å². The van der Waals surface area contributed by atoms with E-state index in [9.17, 15) is 18.0 Å². The number of rotatable bonds is 9. The number of hydrogen-bond acceptors (Lipinski definition) is 9. The van der Waals surface area contributed by atoms with Gasteiger partial charge in [0, 0.05) is 42.5 Å². The van der Waals surface area contributed by atoms with E-state index in [1.807, 2.05) is 36.9 Å².